The van der Waals surface area contributed by atoms with E-state index in [2.05, 4.69) is 15.5 Å². The molecule has 8 heteroatoms. The zero-order chi connectivity index (χ0) is 17.4. The lowest BCUT2D eigenvalue weighted by Gasteiger charge is -2.11. The molecule has 2 rings (SSSR count). The number of pyridine rings is 1. The number of rotatable bonds is 8. The molecule has 1 N–H and O–H groups in total. The molecule has 1 aromatic heterocycles. The minimum Gasteiger partial charge on any atom is -0.493 e. The molecule has 0 saturated carbocycles. The van der Waals surface area contributed by atoms with Gasteiger partial charge < -0.3 is 9.47 Å². The molecule has 0 saturated heterocycles. The van der Waals surface area contributed by atoms with Crippen molar-refractivity contribution in [2.75, 3.05) is 19.1 Å². The first-order valence-corrected chi connectivity index (χ1v) is 7.35. The molecule has 0 spiro atoms. The van der Waals surface area contributed by atoms with Crippen LogP contribution in [0.5, 0.6) is 11.5 Å². The minimum absolute atomic E-state index is 0.123. The Morgan fingerprint density at radius 1 is 1.38 bits per heavy atom. The van der Waals surface area contributed by atoms with Crippen LogP contribution in [0.2, 0.25) is 0 Å². The van der Waals surface area contributed by atoms with Crippen molar-refractivity contribution in [2.45, 2.75) is 13.3 Å². The molecule has 2 aromatic rings. The van der Waals surface area contributed by atoms with Crippen LogP contribution in [0.15, 0.2) is 41.6 Å². The Kier molecular flexibility index (Phi) is 6.07. The van der Waals surface area contributed by atoms with Gasteiger partial charge in [0.25, 0.3) is 5.69 Å². The van der Waals surface area contributed by atoms with Gasteiger partial charge in [0.15, 0.2) is 11.5 Å². The number of hydrogen-bond donors (Lipinski definition) is 1. The first kappa shape index (κ1) is 17.2. The number of anilines is 1. The van der Waals surface area contributed by atoms with Gasteiger partial charge >= 0.3 is 0 Å². The highest BCUT2D eigenvalue weighted by atomic mass is 16.6. The lowest BCUT2D eigenvalue weighted by atomic mass is 10.1. The summed E-state index contributed by atoms with van der Waals surface area (Å²) in [6.45, 7) is 2.45. The van der Waals surface area contributed by atoms with Crippen LogP contribution < -0.4 is 14.9 Å². The van der Waals surface area contributed by atoms with Crippen LogP contribution in [0.3, 0.4) is 0 Å². The third-order valence-electron chi connectivity index (χ3n) is 3.02. The normalized spacial score (nSPS) is 10.6. The fourth-order valence-corrected chi connectivity index (χ4v) is 1.91. The number of nitrogens with one attached hydrogen (secondary N) is 1. The highest BCUT2D eigenvalue weighted by molar-refractivity contribution is 5.87. The topological polar surface area (TPSA) is 98.9 Å². The molecular formula is C16H18N4O4. The molecule has 1 aromatic carbocycles. The minimum atomic E-state index is -0.492. The average Bonchev–Trinajstić information content (AvgIpc) is 2.60. The van der Waals surface area contributed by atoms with Crippen LogP contribution in [0.1, 0.15) is 18.9 Å². The van der Waals surface area contributed by atoms with E-state index in [1.807, 2.05) is 6.92 Å². The monoisotopic (exact) mass is 330 g/mol. The highest BCUT2D eigenvalue weighted by Crippen LogP contribution is 2.34. The summed E-state index contributed by atoms with van der Waals surface area (Å²) in [5, 5.41) is 15.3. The van der Waals surface area contributed by atoms with Gasteiger partial charge in [-0.1, -0.05) is 13.0 Å². The number of nitrogens with zero attached hydrogens (tertiary/aromatic N) is 3. The highest BCUT2D eigenvalue weighted by Gasteiger charge is 2.18. The van der Waals surface area contributed by atoms with Crippen LogP contribution in [0, 0.1) is 10.1 Å². The molecule has 0 aliphatic rings. The van der Waals surface area contributed by atoms with E-state index >= 15 is 0 Å². The number of aromatic nitrogens is 1. The standard InChI is InChI=1S/C16H18N4O4/c1-3-8-24-15-9-12(13(20(21)22)10-14(15)23-2)11-18-19-16-6-4-5-7-17-16/h4-7,9-11H,3,8H2,1-2H3,(H,17,19). The molecule has 0 unspecified atom stereocenters. The van der Waals surface area contributed by atoms with Gasteiger partial charge in [-0.15, -0.1) is 0 Å². The molecule has 0 radical (unpaired) electrons. The fraction of sp³-hybridized carbons (Fsp3) is 0.250. The second kappa shape index (κ2) is 8.47. The Bertz CT molecular complexity index is 720. The predicted molar refractivity (Wildman–Crippen MR) is 90.9 cm³/mol. The maximum atomic E-state index is 11.3. The summed E-state index contributed by atoms with van der Waals surface area (Å²) in [5.74, 6) is 1.28. The molecule has 126 valence electrons. The van der Waals surface area contributed by atoms with Crippen LogP contribution >= 0.6 is 0 Å². The fourth-order valence-electron chi connectivity index (χ4n) is 1.91. The molecule has 0 aliphatic heterocycles. The Morgan fingerprint density at radius 2 is 2.21 bits per heavy atom. The molecule has 0 atom stereocenters. The molecule has 0 aliphatic carbocycles. The van der Waals surface area contributed by atoms with Crippen molar-refractivity contribution in [1.82, 2.24) is 4.98 Å². The van der Waals surface area contributed by atoms with Crippen molar-refractivity contribution in [3.05, 3.63) is 52.2 Å². The third-order valence-corrected chi connectivity index (χ3v) is 3.02. The second-order valence-electron chi connectivity index (χ2n) is 4.75. The third kappa shape index (κ3) is 4.42. The van der Waals surface area contributed by atoms with Crippen LogP contribution in [0.25, 0.3) is 0 Å². The van der Waals surface area contributed by atoms with E-state index in [-0.39, 0.29) is 5.69 Å². The zero-order valence-corrected chi connectivity index (χ0v) is 13.4. The van der Waals surface area contributed by atoms with E-state index in [1.165, 1.54) is 25.5 Å². The van der Waals surface area contributed by atoms with Crippen LogP contribution in [0.4, 0.5) is 11.5 Å². The predicted octanol–water partition coefficient (Wildman–Crippen LogP) is 3.23. The van der Waals surface area contributed by atoms with Crippen molar-refractivity contribution < 1.29 is 14.4 Å². The number of nitro groups is 1. The number of methoxy groups -OCH3 is 1. The van der Waals surface area contributed by atoms with Crippen molar-refractivity contribution in [3.8, 4) is 11.5 Å². The van der Waals surface area contributed by atoms with E-state index in [1.54, 1.807) is 24.4 Å². The molecule has 0 fully saturated rings. The van der Waals surface area contributed by atoms with Crippen molar-refractivity contribution in [3.63, 3.8) is 0 Å². The van der Waals surface area contributed by atoms with Gasteiger partial charge in [-0.2, -0.15) is 5.10 Å². The summed E-state index contributed by atoms with van der Waals surface area (Å²) in [6, 6.07) is 8.18. The van der Waals surface area contributed by atoms with Gasteiger partial charge in [-0.25, -0.2) is 4.98 Å². The summed E-state index contributed by atoms with van der Waals surface area (Å²) in [6.07, 6.45) is 3.78. The summed E-state index contributed by atoms with van der Waals surface area (Å²) < 4.78 is 10.7. The summed E-state index contributed by atoms with van der Waals surface area (Å²) in [4.78, 5) is 14.8. The number of hydrogen-bond acceptors (Lipinski definition) is 7. The molecule has 8 nitrogen and oxygen atoms in total. The van der Waals surface area contributed by atoms with Gasteiger partial charge in [-0.3, -0.25) is 15.5 Å². The van der Waals surface area contributed by atoms with Crippen molar-refractivity contribution in [1.29, 1.82) is 0 Å². The molecule has 24 heavy (non-hydrogen) atoms. The largest absolute Gasteiger partial charge is 0.493 e. The first-order valence-electron chi connectivity index (χ1n) is 7.35. The quantitative estimate of drug-likeness (QED) is 0.453. The average molecular weight is 330 g/mol. The second-order valence-corrected chi connectivity index (χ2v) is 4.75. The molecule has 0 bridgehead atoms. The Labute approximate surface area is 139 Å². The maximum absolute atomic E-state index is 11.3. The van der Waals surface area contributed by atoms with Crippen LogP contribution in [-0.2, 0) is 0 Å². The lowest BCUT2D eigenvalue weighted by molar-refractivity contribution is -0.385. The molecule has 1 heterocycles. The summed E-state index contributed by atoms with van der Waals surface area (Å²) in [5.41, 5.74) is 2.89. The Hall–Kier alpha value is -3.16. The van der Waals surface area contributed by atoms with Gasteiger partial charge in [-0.05, 0) is 24.6 Å². The SMILES string of the molecule is CCCOc1cc(C=NNc2ccccn2)c([N+](=O)[O-])cc1OC. The van der Waals surface area contributed by atoms with Gasteiger partial charge in [0.2, 0.25) is 0 Å². The Balaban J connectivity index is 2.29. The van der Waals surface area contributed by atoms with Crippen molar-refractivity contribution in [2.24, 2.45) is 5.10 Å². The van der Waals surface area contributed by atoms with E-state index in [4.69, 9.17) is 9.47 Å². The van der Waals surface area contributed by atoms with Crippen molar-refractivity contribution >= 4 is 17.7 Å². The summed E-state index contributed by atoms with van der Waals surface area (Å²) >= 11 is 0. The molecule has 0 amide bonds. The molecular weight excluding hydrogens is 312 g/mol. The smallest absolute Gasteiger partial charge is 0.282 e. The number of hydrazone groups is 1. The van der Waals surface area contributed by atoms with Gasteiger partial charge in [0.1, 0.15) is 5.82 Å². The van der Waals surface area contributed by atoms with Gasteiger partial charge in [0, 0.05) is 6.20 Å². The first-order chi connectivity index (χ1) is 11.7. The zero-order valence-electron chi connectivity index (χ0n) is 13.4. The number of ether oxygens (including phenoxy) is 2. The lowest BCUT2D eigenvalue weighted by Crippen LogP contribution is -2.02. The van der Waals surface area contributed by atoms with Gasteiger partial charge in [0.05, 0.1) is 36.5 Å². The van der Waals surface area contributed by atoms with Crippen LogP contribution in [-0.4, -0.2) is 29.8 Å². The number of nitro benzene ring substituents is 1. The van der Waals surface area contributed by atoms with E-state index in [0.717, 1.165) is 6.42 Å². The summed E-state index contributed by atoms with van der Waals surface area (Å²) in [7, 11) is 1.44. The van der Waals surface area contributed by atoms with E-state index < -0.39 is 4.92 Å². The van der Waals surface area contributed by atoms with E-state index in [9.17, 15) is 10.1 Å². The number of benzene rings is 1. The Morgan fingerprint density at radius 3 is 2.83 bits per heavy atom. The van der Waals surface area contributed by atoms with E-state index in [0.29, 0.717) is 29.5 Å². The maximum Gasteiger partial charge on any atom is 0.282 e.